The second-order valence-corrected chi connectivity index (χ2v) is 4.77. The Hall–Kier alpha value is -1.46. The Kier molecular flexibility index (Phi) is 4.50. The molecule has 0 aliphatic carbocycles. The number of methoxy groups -OCH3 is 2. The van der Waals surface area contributed by atoms with Gasteiger partial charge in [-0.2, -0.15) is 0 Å². The highest BCUT2D eigenvalue weighted by Gasteiger charge is 2.23. The predicted octanol–water partition coefficient (Wildman–Crippen LogP) is 1.91. The number of ether oxygens (including phenoxy) is 2. The van der Waals surface area contributed by atoms with Gasteiger partial charge in [-0.3, -0.25) is 4.79 Å². The van der Waals surface area contributed by atoms with Crippen LogP contribution in [0, 0.1) is 5.92 Å². The summed E-state index contributed by atoms with van der Waals surface area (Å²) in [6.07, 6.45) is 0.844. The van der Waals surface area contributed by atoms with Crippen LogP contribution in [0.1, 0.15) is 6.42 Å². The van der Waals surface area contributed by atoms with Gasteiger partial charge in [0.25, 0.3) is 0 Å². The van der Waals surface area contributed by atoms with Gasteiger partial charge in [-0.05, 0) is 13.0 Å². The lowest BCUT2D eigenvalue weighted by molar-refractivity contribution is -0.119. The van der Waals surface area contributed by atoms with Crippen molar-refractivity contribution >= 4 is 23.2 Å². The van der Waals surface area contributed by atoms with Gasteiger partial charge in [-0.1, -0.05) is 11.6 Å². The van der Waals surface area contributed by atoms with Gasteiger partial charge >= 0.3 is 0 Å². The number of carbonyl (C=O) groups excluding carboxylic acids is 1. The molecule has 1 aromatic rings. The molecule has 0 aromatic heterocycles. The zero-order chi connectivity index (χ0) is 13.8. The van der Waals surface area contributed by atoms with E-state index in [0.717, 1.165) is 13.0 Å². The second-order valence-electron chi connectivity index (χ2n) is 4.37. The van der Waals surface area contributed by atoms with Crippen molar-refractivity contribution in [1.82, 2.24) is 5.32 Å². The van der Waals surface area contributed by atoms with E-state index in [1.807, 2.05) is 0 Å². The number of nitrogens with one attached hydrogen (secondary N) is 2. The molecule has 1 amide bonds. The molecule has 0 spiro atoms. The molecule has 1 fully saturated rings. The minimum Gasteiger partial charge on any atom is -0.493 e. The van der Waals surface area contributed by atoms with Gasteiger partial charge in [-0.25, -0.2) is 0 Å². The molecule has 5 nitrogen and oxygen atoms in total. The Morgan fingerprint density at radius 3 is 2.63 bits per heavy atom. The van der Waals surface area contributed by atoms with E-state index < -0.39 is 0 Å². The number of carbonyl (C=O) groups is 1. The van der Waals surface area contributed by atoms with Gasteiger partial charge < -0.3 is 20.1 Å². The molecule has 1 unspecified atom stereocenters. The third-order valence-electron chi connectivity index (χ3n) is 3.16. The molecular weight excluding hydrogens is 268 g/mol. The zero-order valence-electron chi connectivity index (χ0n) is 11.0. The third kappa shape index (κ3) is 3.11. The molecule has 2 N–H and O–H groups in total. The van der Waals surface area contributed by atoms with Crippen LogP contribution in [-0.2, 0) is 4.79 Å². The molecule has 1 aliphatic heterocycles. The van der Waals surface area contributed by atoms with Gasteiger partial charge in [0.15, 0.2) is 11.5 Å². The highest BCUT2D eigenvalue weighted by Crippen LogP contribution is 2.36. The van der Waals surface area contributed by atoms with Crippen LogP contribution >= 0.6 is 11.6 Å². The fourth-order valence-electron chi connectivity index (χ4n) is 2.06. The Bertz CT molecular complexity index is 473. The molecule has 1 aromatic carbocycles. The van der Waals surface area contributed by atoms with E-state index in [0.29, 0.717) is 28.8 Å². The largest absolute Gasteiger partial charge is 0.493 e. The molecule has 19 heavy (non-hydrogen) atoms. The molecule has 6 heteroatoms. The Morgan fingerprint density at radius 1 is 1.37 bits per heavy atom. The van der Waals surface area contributed by atoms with E-state index in [4.69, 9.17) is 21.1 Å². The maximum absolute atomic E-state index is 12.0. The summed E-state index contributed by atoms with van der Waals surface area (Å²) >= 11 is 6.12. The standard InChI is InChI=1S/C13H17ClN2O3/c1-18-11-5-9(14)10(6-12(11)19-2)16-13(17)8-3-4-15-7-8/h5-6,8,15H,3-4,7H2,1-2H3,(H,16,17). The van der Waals surface area contributed by atoms with E-state index >= 15 is 0 Å². The molecule has 1 heterocycles. The first-order valence-corrected chi connectivity index (χ1v) is 6.46. The van der Waals surface area contributed by atoms with Gasteiger partial charge in [0, 0.05) is 18.7 Å². The van der Waals surface area contributed by atoms with Crippen LogP contribution in [0.5, 0.6) is 11.5 Å². The lowest BCUT2D eigenvalue weighted by atomic mass is 10.1. The van der Waals surface area contributed by atoms with Crippen molar-refractivity contribution in [2.45, 2.75) is 6.42 Å². The average Bonchev–Trinajstić information content (AvgIpc) is 2.94. The minimum absolute atomic E-state index is 0.0100. The number of rotatable bonds is 4. The fraction of sp³-hybridized carbons (Fsp3) is 0.462. The highest BCUT2D eigenvalue weighted by molar-refractivity contribution is 6.34. The maximum atomic E-state index is 12.0. The molecule has 0 bridgehead atoms. The van der Waals surface area contributed by atoms with E-state index in [9.17, 15) is 4.79 Å². The monoisotopic (exact) mass is 284 g/mol. The first-order valence-electron chi connectivity index (χ1n) is 6.08. The molecule has 104 valence electrons. The van der Waals surface area contributed by atoms with E-state index in [2.05, 4.69) is 10.6 Å². The lowest BCUT2D eigenvalue weighted by Gasteiger charge is -2.14. The van der Waals surface area contributed by atoms with Gasteiger partial charge in [0.1, 0.15) is 0 Å². The van der Waals surface area contributed by atoms with E-state index in [-0.39, 0.29) is 11.8 Å². The first-order chi connectivity index (χ1) is 9.15. The molecule has 1 saturated heterocycles. The number of hydrogen-bond donors (Lipinski definition) is 2. The number of benzene rings is 1. The lowest BCUT2D eigenvalue weighted by Crippen LogP contribution is -2.24. The summed E-state index contributed by atoms with van der Waals surface area (Å²) in [5.41, 5.74) is 0.538. The predicted molar refractivity (Wildman–Crippen MR) is 74.2 cm³/mol. The summed E-state index contributed by atoms with van der Waals surface area (Å²) in [5.74, 6) is 1.03. The van der Waals surface area contributed by atoms with Crippen molar-refractivity contribution in [3.05, 3.63) is 17.2 Å². The zero-order valence-corrected chi connectivity index (χ0v) is 11.7. The van der Waals surface area contributed by atoms with Crippen LogP contribution in [0.3, 0.4) is 0 Å². The van der Waals surface area contributed by atoms with Crippen molar-refractivity contribution in [3.8, 4) is 11.5 Å². The molecule has 0 radical (unpaired) electrons. The molecular formula is C13H17ClN2O3. The van der Waals surface area contributed by atoms with Crippen LogP contribution in [0.15, 0.2) is 12.1 Å². The number of anilines is 1. The summed E-state index contributed by atoms with van der Waals surface area (Å²) < 4.78 is 10.3. The van der Waals surface area contributed by atoms with Crippen LogP contribution in [-0.4, -0.2) is 33.2 Å². The fourth-order valence-corrected chi connectivity index (χ4v) is 2.26. The van der Waals surface area contributed by atoms with Crippen molar-refractivity contribution in [2.75, 3.05) is 32.6 Å². The third-order valence-corrected chi connectivity index (χ3v) is 3.47. The van der Waals surface area contributed by atoms with Crippen molar-refractivity contribution in [2.24, 2.45) is 5.92 Å². The Morgan fingerprint density at radius 2 is 2.05 bits per heavy atom. The summed E-state index contributed by atoms with van der Waals surface area (Å²) in [4.78, 5) is 12.0. The average molecular weight is 285 g/mol. The van der Waals surface area contributed by atoms with E-state index in [1.54, 1.807) is 12.1 Å². The maximum Gasteiger partial charge on any atom is 0.228 e. The minimum atomic E-state index is -0.0286. The Balaban J connectivity index is 2.17. The summed E-state index contributed by atoms with van der Waals surface area (Å²) in [6, 6.07) is 3.30. The molecule has 2 rings (SSSR count). The SMILES string of the molecule is COc1cc(Cl)c(NC(=O)C2CCNC2)cc1OC. The van der Waals surface area contributed by atoms with Crippen LogP contribution < -0.4 is 20.1 Å². The van der Waals surface area contributed by atoms with Crippen LogP contribution in [0.25, 0.3) is 0 Å². The molecule has 0 saturated carbocycles. The highest BCUT2D eigenvalue weighted by atomic mass is 35.5. The van der Waals surface area contributed by atoms with Gasteiger partial charge in [0.2, 0.25) is 5.91 Å². The molecule has 1 aliphatic rings. The summed E-state index contributed by atoms with van der Waals surface area (Å²) in [6.45, 7) is 1.58. The number of hydrogen-bond acceptors (Lipinski definition) is 4. The van der Waals surface area contributed by atoms with Crippen LogP contribution in [0.2, 0.25) is 5.02 Å². The van der Waals surface area contributed by atoms with Crippen molar-refractivity contribution in [3.63, 3.8) is 0 Å². The Labute approximate surface area is 117 Å². The first kappa shape index (κ1) is 14.0. The number of amides is 1. The number of halogens is 1. The van der Waals surface area contributed by atoms with Crippen molar-refractivity contribution in [1.29, 1.82) is 0 Å². The summed E-state index contributed by atoms with van der Waals surface area (Å²) in [7, 11) is 3.08. The second kappa shape index (κ2) is 6.12. The smallest absolute Gasteiger partial charge is 0.228 e. The quantitative estimate of drug-likeness (QED) is 0.887. The molecule has 1 atom stereocenters. The van der Waals surface area contributed by atoms with Crippen LogP contribution in [0.4, 0.5) is 5.69 Å². The van der Waals surface area contributed by atoms with Crippen molar-refractivity contribution < 1.29 is 14.3 Å². The summed E-state index contributed by atoms with van der Waals surface area (Å²) in [5, 5.41) is 6.42. The van der Waals surface area contributed by atoms with Gasteiger partial charge in [0.05, 0.1) is 30.8 Å². The topological polar surface area (TPSA) is 59.6 Å². The normalized spacial score (nSPS) is 18.2. The van der Waals surface area contributed by atoms with E-state index in [1.165, 1.54) is 14.2 Å². The van der Waals surface area contributed by atoms with Gasteiger partial charge in [-0.15, -0.1) is 0 Å².